The molecule has 2 heterocycles. The van der Waals surface area contributed by atoms with Crippen molar-refractivity contribution in [3.05, 3.63) is 71.0 Å². The Labute approximate surface area is 159 Å². The first-order valence-electron chi connectivity index (χ1n) is 8.84. The lowest BCUT2D eigenvalue weighted by Gasteiger charge is -2.09. The van der Waals surface area contributed by atoms with Gasteiger partial charge in [-0.2, -0.15) is 0 Å². The summed E-state index contributed by atoms with van der Waals surface area (Å²) in [6.45, 7) is 8.71. The minimum Gasteiger partial charge on any atom is -0.493 e. The van der Waals surface area contributed by atoms with E-state index in [1.165, 1.54) is 17.3 Å². The summed E-state index contributed by atoms with van der Waals surface area (Å²) >= 11 is 1.49. The van der Waals surface area contributed by atoms with Crippen LogP contribution in [0.1, 0.15) is 36.6 Å². The van der Waals surface area contributed by atoms with Crippen LogP contribution in [0.5, 0.6) is 5.75 Å². The number of amides is 1. The van der Waals surface area contributed by atoms with E-state index < -0.39 is 0 Å². The zero-order valence-corrected chi connectivity index (χ0v) is 16.0. The van der Waals surface area contributed by atoms with E-state index >= 15 is 0 Å². The second-order valence-electron chi connectivity index (χ2n) is 6.70. The predicted octanol–water partition coefficient (Wildman–Crippen LogP) is 4.07. The average Bonchev–Trinajstić information content (AvgIpc) is 2.94. The topological polar surface area (TPSA) is 51.2 Å². The molecule has 0 saturated carbocycles. The van der Waals surface area contributed by atoms with Gasteiger partial charge in [0.15, 0.2) is 0 Å². The Hall–Kier alpha value is -2.27. The Kier molecular flexibility index (Phi) is 5.99. The highest BCUT2D eigenvalue weighted by Gasteiger charge is 2.27. The lowest BCUT2D eigenvalue weighted by molar-refractivity contribution is -0.119. The molecule has 1 saturated heterocycles. The van der Waals surface area contributed by atoms with Gasteiger partial charge in [-0.3, -0.25) is 9.78 Å². The number of nitrogens with one attached hydrogen (secondary N) is 1. The maximum atomic E-state index is 11.8. The van der Waals surface area contributed by atoms with Crippen molar-refractivity contribution in [3.8, 4) is 5.75 Å². The molecular formula is C21H24N2O2S. The summed E-state index contributed by atoms with van der Waals surface area (Å²) in [6.07, 6.45) is 3.42. The summed E-state index contributed by atoms with van der Waals surface area (Å²) in [5.74, 6) is 1.37. The lowest BCUT2D eigenvalue weighted by Crippen LogP contribution is -2.23. The molecule has 1 aromatic heterocycles. The summed E-state index contributed by atoms with van der Waals surface area (Å²) in [5, 5.41) is 3.39. The van der Waals surface area contributed by atoms with Gasteiger partial charge in [0.1, 0.15) is 5.75 Å². The Morgan fingerprint density at radius 2 is 2.00 bits per heavy atom. The number of nitrogens with zero attached hydrogens (tertiary/aromatic N) is 1. The Balaban J connectivity index is 1.47. The van der Waals surface area contributed by atoms with E-state index in [2.05, 4.69) is 42.9 Å². The van der Waals surface area contributed by atoms with Crippen LogP contribution < -0.4 is 10.1 Å². The molecule has 1 aromatic carbocycles. The van der Waals surface area contributed by atoms with Gasteiger partial charge >= 0.3 is 0 Å². The van der Waals surface area contributed by atoms with Gasteiger partial charge in [0.25, 0.3) is 0 Å². The molecular weight excluding hydrogens is 344 g/mol. The molecule has 26 heavy (non-hydrogen) atoms. The smallest absolute Gasteiger partial charge is 0.238 e. The molecule has 5 heteroatoms. The molecule has 1 aliphatic rings. The number of hydrogen-bond donors (Lipinski definition) is 1. The van der Waals surface area contributed by atoms with Gasteiger partial charge in [-0.05, 0) is 41.7 Å². The number of rotatable bonds is 7. The lowest BCUT2D eigenvalue weighted by atomic mass is 10.1. The first kappa shape index (κ1) is 18.5. The van der Waals surface area contributed by atoms with Gasteiger partial charge in [-0.15, -0.1) is 0 Å². The molecule has 0 aliphatic carbocycles. The number of ether oxygens (including phenoxy) is 1. The number of aromatic nitrogens is 1. The van der Waals surface area contributed by atoms with Crippen molar-refractivity contribution in [1.29, 1.82) is 0 Å². The predicted molar refractivity (Wildman–Crippen MR) is 106 cm³/mol. The van der Waals surface area contributed by atoms with Crippen molar-refractivity contribution >= 4 is 17.7 Å². The largest absolute Gasteiger partial charge is 0.493 e. The van der Waals surface area contributed by atoms with E-state index in [1.807, 2.05) is 30.5 Å². The van der Waals surface area contributed by atoms with E-state index in [-0.39, 0.29) is 11.2 Å². The fourth-order valence-electron chi connectivity index (χ4n) is 2.74. The zero-order valence-electron chi connectivity index (χ0n) is 15.2. The van der Waals surface area contributed by atoms with Crippen LogP contribution in [0.25, 0.3) is 0 Å². The van der Waals surface area contributed by atoms with Gasteiger partial charge in [0.05, 0.1) is 16.9 Å². The monoisotopic (exact) mass is 368 g/mol. The minimum atomic E-state index is -0.0887. The third-order valence-electron chi connectivity index (χ3n) is 4.33. The molecule has 1 fully saturated rings. The Morgan fingerprint density at radius 1 is 1.23 bits per heavy atom. The Morgan fingerprint density at radius 3 is 2.58 bits per heavy atom. The minimum absolute atomic E-state index is 0.0383. The molecule has 2 aromatic rings. The summed E-state index contributed by atoms with van der Waals surface area (Å²) in [5.41, 5.74) is 3.41. The third-order valence-corrected chi connectivity index (χ3v) is 5.38. The van der Waals surface area contributed by atoms with Crippen molar-refractivity contribution in [3.63, 3.8) is 0 Å². The van der Waals surface area contributed by atoms with Gasteiger partial charge in [0, 0.05) is 18.3 Å². The van der Waals surface area contributed by atoms with Crippen LogP contribution in [-0.2, 0) is 17.6 Å². The average molecular weight is 369 g/mol. The number of benzene rings is 1. The van der Waals surface area contributed by atoms with Gasteiger partial charge < -0.3 is 10.1 Å². The number of carbonyl (C=O) groups excluding carboxylic acids is 1. The van der Waals surface area contributed by atoms with Gasteiger partial charge in [0.2, 0.25) is 5.91 Å². The summed E-state index contributed by atoms with van der Waals surface area (Å²) in [4.78, 5) is 16.3. The van der Waals surface area contributed by atoms with Crippen LogP contribution >= 0.6 is 11.8 Å². The highest BCUT2D eigenvalue weighted by molar-refractivity contribution is 8.04. The highest BCUT2D eigenvalue weighted by Crippen LogP contribution is 2.28. The van der Waals surface area contributed by atoms with Crippen LogP contribution in [0.15, 0.2) is 54.2 Å². The maximum absolute atomic E-state index is 11.8. The van der Waals surface area contributed by atoms with Crippen LogP contribution in [0, 0.1) is 0 Å². The van der Waals surface area contributed by atoms with Crippen LogP contribution in [-0.4, -0.2) is 22.7 Å². The second-order valence-corrected chi connectivity index (χ2v) is 8.00. The molecule has 0 bridgehead atoms. The maximum Gasteiger partial charge on any atom is 0.238 e. The SMILES string of the molecule is C=C1NC(=O)C(Cc2ccc(OCCc3ccc(C(C)C)cn3)cc2)S1. The summed E-state index contributed by atoms with van der Waals surface area (Å²) in [6, 6.07) is 12.1. The van der Waals surface area contributed by atoms with Crippen LogP contribution in [0.4, 0.5) is 0 Å². The fraction of sp³-hybridized carbons (Fsp3) is 0.333. The summed E-state index contributed by atoms with van der Waals surface area (Å²) in [7, 11) is 0. The van der Waals surface area contributed by atoms with Crippen molar-refractivity contribution in [2.24, 2.45) is 0 Å². The molecule has 1 unspecified atom stereocenters. The molecule has 1 atom stereocenters. The first-order valence-corrected chi connectivity index (χ1v) is 9.72. The molecule has 1 aliphatic heterocycles. The highest BCUT2D eigenvalue weighted by atomic mass is 32.2. The normalized spacial score (nSPS) is 16.8. The van der Waals surface area contributed by atoms with E-state index in [0.29, 0.717) is 18.9 Å². The van der Waals surface area contributed by atoms with Crippen molar-refractivity contribution in [2.75, 3.05) is 6.61 Å². The first-order chi connectivity index (χ1) is 12.5. The van der Waals surface area contributed by atoms with E-state index in [1.54, 1.807) is 0 Å². The fourth-order valence-corrected chi connectivity index (χ4v) is 3.69. The number of pyridine rings is 1. The molecule has 0 spiro atoms. The number of carbonyl (C=O) groups is 1. The quantitative estimate of drug-likeness (QED) is 0.800. The molecule has 1 N–H and O–H groups in total. The summed E-state index contributed by atoms with van der Waals surface area (Å²) < 4.78 is 5.81. The number of hydrogen-bond acceptors (Lipinski definition) is 4. The molecule has 3 rings (SSSR count). The van der Waals surface area contributed by atoms with Gasteiger partial charge in [-0.25, -0.2) is 0 Å². The number of thioether (sulfide) groups is 1. The van der Waals surface area contributed by atoms with E-state index in [4.69, 9.17) is 4.74 Å². The standard InChI is InChI=1S/C21H24N2O2S/c1-14(2)17-6-7-18(22-13-17)10-11-25-19-8-4-16(5-9-19)12-20-21(24)23-15(3)26-20/h4-9,13-14,20H,3,10-12H2,1-2H3,(H,23,24). The van der Waals surface area contributed by atoms with Crippen molar-refractivity contribution < 1.29 is 9.53 Å². The molecule has 0 radical (unpaired) electrons. The van der Waals surface area contributed by atoms with E-state index in [0.717, 1.165) is 28.5 Å². The van der Waals surface area contributed by atoms with Crippen LogP contribution in [0.3, 0.4) is 0 Å². The van der Waals surface area contributed by atoms with E-state index in [9.17, 15) is 4.79 Å². The third kappa shape index (κ3) is 4.88. The van der Waals surface area contributed by atoms with Crippen molar-refractivity contribution in [2.45, 2.75) is 37.9 Å². The van der Waals surface area contributed by atoms with Gasteiger partial charge in [-0.1, -0.05) is 50.4 Å². The van der Waals surface area contributed by atoms with Crippen LogP contribution in [0.2, 0.25) is 0 Å². The molecule has 4 nitrogen and oxygen atoms in total. The Bertz CT molecular complexity index is 770. The molecule has 1 amide bonds. The van der Waals surface area contributed by atoms with Crippen molar-refractivity contribution in [1.82, 2.24) is 10.3 Å². The molecule has 136 valence electrons. The zero-order chi connectivity index (χ0) is 18.5. The second kappa shape index (κ2) is 8.41.